The highest BCUT2D eigenvalue weighted by Gasteiger charge is 2.78. The van der Waals surface area contributed by atoms with Crippen LogP contribution in [0.3, 0.4) is 0 Å². The Labute approximate surface area is 213 Å². The zero-order valence-corrected chi connectivity index (χ0v) is 21.9. The minimum Gasteiger partial charge on any atom is -0.461 e. The van der Waals surface area contributed by atoms with Crippen LogP contribution in [0.25, 0.3) is 0 Å². The van der Waals surface area contributed by atoms with Crippen molar-refractivity contribution in [2.24, 2.45) is 11.8 Å². The summed E-state index contributed by atoms with van der Waals surface area (Å²) in [6, 6.07) is -1.04. The molecule has 8 heteroatoms. The number of aliphatic hydroxyl groups is 1. The molecule has 0 aromatic rings. The van der Waals surface area contributed by atoms with Crippen molar-refractivity contribution in [3.63, 3.8) is 0 Å². The van der Waals surface area contributed by atoms with Crippen molar-refractivity contribution in [1.82, 2.24) is 9.80 Å². The lowest BCUT2D eigenvalue weighted by molar-refractivity contribution is -0.155. The fourth-order valence-corrected chi connectivity index (χ4v) is 9.47. The molecule has 0 aromatic carbocycles. The normalized spacial score (nSPS) is 35.0. The predicted molar refractivity (Wildman–Crippen MR) is 137 cm³/mol. The second-order valence-electron chi connectivity index (χ2n) is 10.7. The molecule has 2 unspecified atom stereocenters. The van der Waals surface area contributed by atoms with Gasteiger partial charge < -0.3 is 19.6 Å². The zero-order valence-electron chi connectivity index (χ0n) is 21.1. The molecule has 0 aromatic heterocycles. The molecule has 194 valence electrons. The van der Waals surface area contributed by atoms with Crippen molar-refractivity contribution < 1.29 is 24.2 Å². The first-order valence-corrected chi connectivity index (χ1v) is 13.9. The third-order valence-electron chi connectivity index (χ3n) is 8.75. The lowest BCUT2D eigenvalue weighted by Crippen LogP contribution is -2.59. The largest absolute Gasteiger partial charge is 0.461 e. The summed E-state index contributed by atoms with van der Waals surface area (Å²) in [6.45, 7) is 11.8. The molecule has 1 spiro atoms. The van der Waals surface area contributed by atoms with E-state index < -0.39 is 33.4 Å². The van der Waals surface area contributed by atoms with Gasteiger partial charge in [-0.2, -0.15) is 0 Å². The molecule has 3 heterocycles. The first kappa shape index (κ1) is 26.3. The molecule has 7 nitrogen and oxygen atoms in total. The molecular weight excluding hydrogens is 464 g/mol. The van der Waals surface area contributed by atoms with Crippen LogP contribution in [0.15, 0.2) is 25.3 Å². The van der Waals surface area contributed by atoms with Crippen molar-refractivity contribution in [3.8, 4) is 0 Å². The van der Waals surface area contributed by atoms with Crippen LogP contribution in [-0.4, -0.2) is 80.1 Å². The number of fused-ring (bicyclic) bond motifs is 1. The molecular formula is C27H40N2O5S. The highest BCUT2D eigenvalue weighted by Crippen LogP contribution is 2.71. The monoisotopic (exact) mass is 504 g/mol. The number of nitrogens with zero attached hydrogens (tertiary/aromatic N) is 2. The summed E-state index contributed by atoms with van der Waals surface area (Å²) in [7, 11) is 0. The molecule has 0 radical (unpaired) electrons. The van der Waals surface area contributed by atoms with Gasteiger partial charge in [-0.05, 0) is 39.0 Å². The van der Waals surface area contributed by atoms with Gasteiger partial charge in [0.1, 0.15) is 12.6 Å². The molecule has 1 aliphatic carbocycles. The number of esters is 1. The summed E-state index contributed by atoms with van der Waals surface area (Å²) in [5, 5.41) is 10.2. The average Bonchev–Trinajstić information content (AvgIpc) is 3.43. The van der Waals surface area contributed by atoms with E-state index in [1.807, 2.05) is 18.7 Å². The Morgan fingerprint density at radius 1 is 1.26 bits per heavy atom. The van der Waals surface area contributed by atoms with Gasteiger partial charge in [0.15, 0.2) is 0 Å². The summed E-state index contributed by atoms with van der Waals surface area (Å²) in [4.78, 5) is 45.4. The Morgan fingerprint density at radius 3 is 2.57 bits per heavy atom. The van der Waals surface area contributed by atoms with Crippen molar-refractivity contribution >= 4 is 29.5 Å². The summed E-state index contributed by atoms with van der Waals surface area (Å²) in [6.07, 6.45) is 10.5. The van der Waals surface area contributed by atoms with Crippen LogP contribution in [0.5, 0.6) is 0 Å². The summed E-state index contributed by atoms with van der Waals surface area (Å²) in [5.41, 5.74) is 0. The molecule has 2 bridgehead atoms. The van der Waals surface area contributed by atoms with Gasteiger partial charge in [-0.25, -0.2) is 0 Å². The number of amides is 2. The Bertz CT molecular complexity index is 870. The van der Waals surface area contributed by atoms with Crippen molar-refractivity contribution in [2.45, 2.75) is 92.8 Å². The maximum atomic E-state index is 14.5. The quantitative estimate of drug-likeness (QED) is 0.363. The van der Waals surface area contributed by atoms with Crippen LogP contribution >= 0.6 is 11.8 Å². The summed E-state index contributed by atoms with van der Waals surface area (Å²) in [5.74, 6) is -1.89. The van der Waals surface area contributed by atoms with Crippen LogP contribution in [0.2, 0.25) is 0 Å². The van der Waals surface area contributed by atoms with E-state index in [0.29, 0.717) is 19.4 Å². The molecule has 4 aliphatic rings. The van der Waals surface area contributed by atoms with Crippen molar-refractivity contribution in [2.75, 3.05) is 19.8 Å². The molecule has 4 rings (SSSR count). The predicted octanol–water partition coefficient (Wildman–Crippen LogP) is 3.32. The molecule has 2 amide bonds. The molecule has 4 fully saturated rings. The van der Waals surface area contributed by atoms with Crippen molar-refractivity contribution in [1.29, 1.82) is 0 Å². The zero-order chi connectivity index (χ0) is 25.4. The molecule has 35 heavy (non-hydrogen) atoms. The van der Waals surface area contributed by atoms with Crippen LogP contribution in [0, 0.1) is 11.8 Å². The number of likely N-dealkylation sites (tertiary alicyclic amines) is 1. The lowest BCUT2D eigenvalue weighted by Gasteiger charge is -2.42. The number of aliphatic hydroxyl groups excluding tert-OH is 1. The van der Waals surface area contributed by atoms with Crippen LogP contribution in [0.1, 0.15) is 65.2 Å². The standard InChI is InChI=1S/C27H40N2O5S/c1-5-15-28(19-11-9-8-10-12-19)24(32)22-27-14-13-26(4,35-27)21(25(33)34-16-6-2)20(27)23(31)29(22)18(7-3)17-30/h5-6,18-22,30H,1-2,7-17H2,3-4H3/t18-,20-,21-,22?,26+,27?/m0/s1. The second kappa shape index (κ2) is 10.3. The summed E-state index contributed by atoms with van der Waals surface area (Å²) < 4.78 is 4.32. The number of hydrogen-bond acceptors (Lipinski definition) is 6. The number of thioether (sulfide) groups is 1. The van der Waals surface area contributed by atoms with E-state index >= 15 is 0 Å². The van der Waals surface area contributed by atoms with E-state index in [4.69, 9.17) is 4.74 Å². The van der Waals surface area contributed by atoms with Gasteiger partial charge in [0.2, 0.25) is 11.8 Å². The minimum absolute atomic E-state index is 0.0589. The van der Waals surface area contributed by atoms with Crippen LogP contribution in [-0.2, 0) is 19.1 Å². The van der Waals surface area contributed by atoms with Gasteiger partial charge in [-0.1, -0.05) is 44.9 Å². The molecule has 1 N–H and O–H groups in total. The maximum Gasteiger partial charge on any atom is 0.311 e. The number of rotatable bonds is 10. The first-order valence-electron chi connectivity index (χ1n) is 13.1. The fourth-order valence-electron chi connectivity index (χ4n) is 7.15. The SMILES string of the molecule is C=CCOC(=O)[C@@H]1[C@H]2C(=O)N([C@@H](CC)CO)C(C(=O)N(CC=C)C3CCCCC3)C23CC[C@@]1(C)S3. The Hall–Kier alpha value is -1.80. The second-order valence-corrected chi connectivity index (χ2v) is 12.6. The smallest absolute Gasteiger partial charge is 0.311 e. The van der Waals surface area contributed by atoms with Gasteiger partial charge in [0, 0.05) is 17.3 Å². The topological polar surface area (TPSA) is 87.1 Å². The Kier molecular flexibility index (Phi) is 7.72. The number of carbonyl (C=O) groups is 3. The highest BCUT2D eigenvalue weighted by molar-refractivity contribution is 8.02. The van der Waals surface area contributed by atoms with E-state index in [0.717, 1.165) is 32.1 Å². The highest BCUT2D eigenvalue weighted by atomic mass is 32.2. The third-order valence-corrected chi connectivity index (χ3v) is 10.7. The lowest BCUT2D eigenvalue weighted by atomic mass is 9.66. The number of carbonyl (C=O) groups excluding carboxylic acids is 3. The van der Waals surface area contributed by atoms with Gasteiger partial charge in [0.05, 0.1) is 29.2 Å². The Balaban J connectivity index is 1.77. The molecule has 1 saturated carbocycles. The minimum atomic E-state index is -0.706. The van der Waals surface area contributed by atoms with Crippen molar-refractivity contribution in [3.05, 3.63) is 25.3 Å². The van der Waals surface area contributed by atoms with Gasteiger partial charge in [0.25, 0.3) is 0 Å². The number of ether oxygens (including phenoxy) is 1. The molecule has 6 atom stereocenters. The van der Waals surface area contributed by atoms with Gasteiger partial charge in [-0.3, -0.25) is 14.4 Å². The average molecular weight is 505 g/mol. The molecule has 3 saturated heterocycles. The van der Waals surface area contributed by atoms with E-state index in [2.05, 4.69) is 13.2 Å². The van der Waals surface area contributed by atoms with Gasteiger partial charge >= 0.3 is 5.97 Å². The van der Waals surface area contributed by atoms with Gasteiger partial charge in [-0.15, -0.1) is 18.3 Å². The first-order chi connectivity index (χ1) is 16.8. The van der Waals surface area contributed by atoms with E-state index in [1.54, 1.807) is 22.7 Å². The number of hydrogen-bond donors (Lipinski definition) is 1. The summed E-state index contributed by atoms with van der Waals surface area (Å²) >= 11 is 1.64. The van der Waals surface area contributed by atoms with E-state index in [1.165, 1.54) is 12.5 Å². The molecule has 3 aliphatic heterocycles. The van der Waals surface area contributed by atoms with Crippen LogP contribution < -0.4 is 0 Å². The van der Waals surface area contributed by atoms with E-state index in [-0.39, 0.29) is 37.0 Å². The van der Waals surface area contributed by atoms with E-state index in [9.17, 15) is 19.5 Å². The fraction of sp³-hybridized carbons (Fsp3) is 0.741. The van der Waals surface area contributed by atoms with Crippen LogP contribution in [0.4, 0.5) is 0 Å². The maximum absolute atomic E-state index is 14.5. The Morgan fingerprint density at radius 2 is 1.97 bits per heavy atom. The third kappa shape index (κ3) is 4.14.